The molecule has 0 aromatic carbocycles. The van der Waals surface area contributed by atoms with Crippen LogP contribution >= 0.6 is 0 Å². The summed E-state index contributed by atoms with van der Waals surface area (Å²) in [5.41, 5.74) is -0.734. The smallest absolute Gasteiger partial charge is 0.276 e. The van der Waals surface area contributed by atoms with Crippen molar-refractivity contribution in [2.75, 3.05) is 23.7 Å². The van der Waals surface area contributed by atoms with Crippen molar-refractivity contribution in [2.45, 2.75) is 38.2 Å². The predicted octanol–water partition coefficient (Wildman–Crippen LogP) is 2.14. The fourth-order valence-corrected chi connectivity index (χ4v) is 2.45. The first-order valence-electron chi connectivity index (χ1n) is 6.89. The summed E-state index contributed by atoms with van der Waals surface area (Å²) >= 11 is 0. The van der Waals surface area contributed by atoms with E-state index in [1.807, 2.05) is 6.92 Å². The molecular formula is C13H20N4O3. The zero-order chi connectivity index (χ0) is 14.6. The number of nitro groups is 1. The van der Waals surface area contributed by atoms with Crippen LogP contribution < -0.4 is 10.6 Å². The first kappa shape index (κ1) is 14.5. The van der Waals surface area contributed by atoms with Crippen molar-refractivity contribution in [1.29, 1.82) is 0 Å². The molecule has 0 amide bonds. The summed E-state index contributed by atoms with van der Waals surface area (Å²) in [5.74, 6) is 0.873. The third kappa shape index (κ3) is 3.57. The van der Waals surface area contributed by atoms with Gasteiger partial charge in [0.15, 0.2) is 0 Å². The van der Waals surface area contributed by atoms with E-state index in [1.54, 1.807) is 0 Å². The van der Waals surface area contributed by atoms with E-state index in [2.05, 4.69) is 15.6 Å². The van der Waals surface area contributed by atoms with E-state index < -0.39 is 10.5 Å². The van der Waals surface area contributed by atoms with Crippen LogP contribution in [0.25, 0.3) is 0 Å². The van der Waals surface area contributed by atoms with E-state index in [0.29, 0.717) is 24.7 Å². The number of hydrogen-bond donors (Lipinski definition) is 3. The van der Waals surface area contributed by atoms with Crippen molar-refractivity contribution in [2.24, 2.45) is 0 Å². The molecule has 0 saturated heterocycles. The van der Waals surface area contributed by atoms with Crippen molar-refractivity contribution < 1.29 is 10.0 Å². The molecule has 0 bridgehead atoms. The Morgan fingerprint density at radius 1 is 1.35 bits per heavy atom. The zero-order valence-electron chi connectivity index (χ0n) is 11.6. The summed E-state index contributed by atoms with van der Waals surface area (Å²) in [6, 6.07) is 2.79. The molecule has 1 fully saturated rings. The van der Waals surface area contributed by atoms with E-state index in [0.717, 1.165) is 25.7 Å². The van der Waals surface area contributed by atoms with Crippen LogP contribution in [0.3, 0.4) is 0 Å². The van der Waals surface area contributed by atoms with Crippen molar-refractivity contribution in [3.8, 4) is 0 Å². The molecule has 1 aliphatic rings. The summed E-state index contributed by atoms with van der Waals surface area (Å²) in [6.45, 7) is 2.90. The highest BCUT2D eigenvalue weighted by molar-refractivity contribution is 5.54. The topological polar surface area (TPSA) is 100 Å². The number of nitrogens with one attached hydrogen (secondary N) is 2. The van der Waals surface area contributed by atoms with Crippen LogP contribution in [-0.2, 0) is 0 Å². The molecule has 1 heterocycles. The van der Waals surface area contributed by atoms with Gasteiger partial charge in [0.2, 0.25) is 0 Å². The minimum absolute atomic E-state index is 0.0168. The molecule has 0 spiro atoms. The van der Waals surface area contributed by atoms with Crippen molar-refractivity contribution in [3.63, 3.8) is 0 Å². The molecule has 0 radical (unpaired) electrons. The first-order valence-corrected chi connectivity index (χ1v) is 6.89. The molecule has 20 heavy (non-hydrogen) atoms. The quantitative estimate of drug-likeness (QED) is 0.545. The largest absolute Gasteiger partial charge is 0.388 e. The van der Waals surface area contributed by atoms with Crippen LogP contribution in [0, 0.1) is 10.1 Å². The molecule has 7 nitrogen and oxygen atoms in total. The Morgan fingerprint density at radius 2 is 1.95 bits per heavy atom. The highest BCUT2D eigenvalue weighted by Gasteiger charge is 2.30. The second kappa shape index (κ2) is 6.04. The van der Waals surface area contributed by atoms with Crippen LogP contribution in [-0.4, -0.2) is 33.7 Å². The van der Waals surface area contributed by atoms with Gasteiger partial charge in [0.1, 0.15) is 11.6 Å². The molecular weight excluding hydrogens is 260 g/mol. The number of rotatable bonds is 6. The zero-order valence-corrected chi connectivity index (χ0v) is 11.6. The molecule has 110 valence electrons. The lowest BCUT2D eigenvalue weighted by Gasteiger charge is -2.22. The summed E-state index contributed by atoms with van der Waals surface area (Å²) in [4.78, 5) is 14.7. The molecule has 7 heteroatoms. The normalized spacial score (nSPS) is 16.9. The van der Waals surface area contributed by atoms with Gasteiger partial charge in [0, 0.05) is 13.1 Å². The number of hydrogen-bond acceptors (Lipinski definition) is 6. The van der Waals surface area contributed by atoms with Gasteiger partial charge in [-0.15, -0.1) is 0 Å². The molecule has 1 saturated carbocycles. The molecule has 0 unspecified atom stereocenters. The average Bonchev–Trinajstić information content (AvgIpc) is 2.84. The third-order valence-corrected chi connectivity index (χ3v) is 3.51. The summed E-state index contributed by atoms with van der Waals surface area (Å²) < 4.78 is 0. The van der Waals surface area contributed by atoms with E-state index in [1.165, 1.54) is 12.1 Å². The molecule has 0 aliphatic heterocycles. The summed E-state index contributed by atoms with van der Waals surface area (Å²) in [6.07, 6.45) is 3.55. The Hall–Kier alpha value is -1.89. The Labute approximate surface area is 117 Å². The van der Waals surface area contributed by atoms with Crippen molar-refractivity contribution in [1.82, 2.24) is 4.98 Å². The monoisotopic (exact) mass is 280 g/mol. The van der Waals surface area contributed by atoms with E-state index >= 15 is 0 Å². The predicted molar refractivity (Wildman–Crippen MR) is 77.0 cm³/mol. The lowest BCUT2D eigenvalue weighted by molar-refractivity contribution is -0.384. The highest BCUT2D eigenvalue weighted by atomic mass is 16.6. The van der Waals surface area contributed by atoms with Gasteiger partial charge in [-0.3, -0.25) is 10.1 Å². The Balaban J connectivity index is 2.11. The SMILES string of the molecule is CCNc1cc([N+](=O)[O-])cc(NCC2(O)CCCC2)n1. The van der Waals surface area contributed by atoms with Gasteiger partial charge in [-0.25, -0.2) is 4.98 Å². The molecule has 0 atom stereocenters. The van der Waals surface area contributed by atoms with Gasteiger partial charge in [0.05, 0.1) is 22.7 Å². The minimum Gasteiger partial charge on any atom is -0.388 e. The molecule has 3 N–H and O–H groups in total. The van der Waals surface area contributed by atoms with Gasteiger partial charge < -0.3 is 15.7 Å². The molecule has 1 aromatic heterocycles. The van der Waals surface area contributed by atoms with Gasteiger partial charge in [-0.05, 0) is 19.8 Å². The highest BCUT2D eigenvalue weighted by Crippen LogP contribution is 2.30. The van der Waals surface area contributed by atoms with Crippen LogP contribution in [0.15, 0.2) is 12.1 Å². The minimum atomic E-state index is -0.718. The maximum atomic E-state index is 10.9. The number of aliphatic hydroxyl groups is 1. The third-order valence-electron chi connectivity index (χ3n) is 3.51. The van der Waals surface area contributed by atoms with Crippen molar-refractivity contribution >= 4 is 17.3 Å². The Kier molecular flexibility index (Phi) is 4.39. The van der Waals surface area contributed by atoms with Gasteiger partial charge in [-0.1, -0.05) is 12.8 Å². The number of nitrogens with zero attached hydrogens (tertiary/aromatic N) is 2. The van der Waals surface area contributed by atoms with E-state index in [9.17, 15) is 15.2 Å². The summed E-state index contributed by atoms with van der Waals surface area (Å²) in [7, 11) is 0. The first-order chi connectivity index (χ1) is 9.52. The van der Waals surface area contributed by atoms with Gasteiger partial charge in [-0.2, -0.15) is 0 Å². The van der Waals surface area contributed by atoms with Gasteiger partial charge in [0.25, 0.3) is 5.69 Å². The fourth-order valence-electron chi connectivity index (χ4n) is 2.45. The van der Waals surface area contributed by atoms with Crippen LogP contribution in [0.4, 0.5) is 17.3 Å². The van der Waals surface area contributed by atoms with Gasteiger partial charge >= 0.3 is 0 Å². The molecule has 1 aromatic rings. The average molecular weight is 280 g/mol. The van der Waals surface area contributed by atoms with Crippen LogP contribution in [0.2, 0.25) is 0 Å². The van der Waals surface area contributed by atoms with E-state index in [-0.39, 0.29) is 5.69 Å². The summed E-state index contributed by atoms with van der Waals surface area (Å²) in [5, 5.41) is 27.1. The Morgan fingerprint density at radius 3 is 2.50 bits per heavy atom. The standard InChI is InChI=1S/C13H20N4O3/c1-2-14-11-7-10(17(19)20)8-12(16-11)15-9-13(18)5-3-4-6-13/h7-8,18H,2-6,9H2,1H3,(H2,14,15,16). The molecule has 2 rings (SSSR count). The van der Waals surface area contributed by atoms with Crippen molar-refractivity contribution in [3.05, 3.63) is 22.2 Å². The van der Waals surface area contributed by atoms with Crippen LogP contribution in [0.5, 0.6) is 0 Å². The second-order valence-corrected chi connectivity index (χ2v) is 5.17. The maximum absolute atomic E-state index is 10.9. The van der Waals surface area contributed by atoms with E-state index in [4.69, 9.17) is 0 Å². The number of anilines is 2. The maximum Gasteiger partial charge on any atom is 0.276 e. The fraction of sp³-hybridized carbons (Fsp3) is 0.615. The lowest BCUT2D eigenvalue weighted by Crippen LogP contribution is -2.33. The molecule has 1 aliphatic carbocycles. The lowest BCUT2D eigenvalue weighted by atomic mass is 10.0. The Bertz CT molecular complexity index is 487. The number of pyridine rings is 1. The second-order valence-electron chi connectivity index (χ2n) is 5.17. The van der Waals surface area contributed by atoms with Crippen LogP contribution in [0.1, 0.15) is 32.6 Å². The number of aromatic nitrogens is 1.